The van der Waals surface area contributed by atoms with Crippen molar-refractivity contribution < 1.29 is 0 Å². The zero-order chi connectivity index (χ0) is 7.98. The molecule has 1 aliphatic carbocycles. The van der Waals surface area contributed by atoms with Gasteiger partial charge in [0.15, 0.2) is 0 Å². The van der Waals surface area contributed by atoms with Gasteiger partial charge in [-0.3, -0.25) is 0 Å². The summed E-state index contributed by atoms with van der Waals surface area (Å²) in [6, 6.07) is 0. The Labute approximate surface area is 79.7 Å². The number of hydrogen-bond acceptors (Lipinski definition) is 0. The van der Waals surface area contributed by atoms with Gasteiger partial charge in [0.25, 0.3) is 0 Å². The lowest BCUT2D eigenvalue weighted by Crippen LogP contribution is -2.14. The van der Waals surface area contributed by atoms with E-state index in [9.17, 15) is 0 Å². The molecule has 4 heteroatoms. The Hall–Kier alpha value is 0.827. The smallest absolute Gasteiger partial charge is 0.109 e. The monoisotopic (exact) mass is 216 g/mol. The standard InChI is InChI=1S/C6H8Cl2.ClH3Si/c7-5-3-1-2-4-6(5)8;1-2/h1,3,5-6H,2,4H2;2H3. The normalized spacial score (nSPS) is 31.1. The van der Waals surface area contributed by atoms with Crippen molar-refractivity contribution in [2.24, 2.45) is 0 Å². The average molecular weight is 218 g/mol. The summed E-state index contributed by atoms with van der Waals surface area (Å²) in [6.07, 6.45) is 6.14. The average Bonchev–Trinajstić information content (AvgIpc) is 2.00. The summed E-state index contributed by atoms with van der Waals surface area (Å²) in [5.74, 6) is 0. The number of alkyl halides is 2. The van der Waals surface area contributed by atoms with Gasteiger partial charge in [0.05, 0.1) is 10.8 Å². The summed E-state index contributed by atoms with van der Waals surface area (Å²) in [6.45, 7) is 0. The highest BCUT2D eigenvalue weighted by Gasteiger charge is 2.15. The molecule has 2 unspecified atom stereocenters. The van der Waals surface area contributed by atoms with Crippen molar-refractivity contribution >= 4 is 43.8 Å². The van der Waals surface area contributed by atoms with Gasteiger partial charge < -0.3 is 0 Å². The van der Waals surface area contributed by atoms with Gasteiger partial charge in [-0.2, -0.15) is 11.1 Å². The molecule has 0 aromatic carbocycles. The first-order valence-electron chi connectivity index (χ1n) is 3.13. The molecule has 0 aromatic heterocycles. The van der Waals surface area contributed by atoms with Crippen LogP contribution in [0.4, 0.5) is 0 Å². The molecular formula is C6H11Cl3Si. The van der Waals surface area contributed by atoms with Crippen LogP contribution in [0.3, 0.4) is 0 Å². The van der Waals surface area contributed by atoms with E-state index in [1.165, 1.54) is 0 Å². The minimum absolute atomic E-state index is 0.0606. The fourth-order valence-electron chi connectivity index (χ4n) is 0.761. The van der Waals surface area contributed by atoms with Gasteiger partial charge in [-0.05, 0) is 12.8 Å². The maximum absolute atomic E-state index is 5.78. The molecule has 0 spiro atoms. The topological polar surface area (TPSA) is 0 Å². The van der Waals surface area contributed by atoms with Crippen LogP contribution in [0.1, 0.15) is 12.8 Å². The summed E-state index contributed by atoms with van der Waals surface area (Å²) in [7, 11) is 0.778. The zero-order valence-electron chi connectivity index (χ0n) is 5.86. The highest BCUT2D eigenvalue weighted by Crippen LogP contribution is 2.21. The lowest BCUT2D eigenvalue weighted by atomic mass is 10.1. The van der Waals surface area contributed by atoms with Gasteiger partial charge in [0, 0.05) is 0 Å². The summed E-state index contributed by atoms with van der Waals surface area (Å²) in [5.41, 5.74) is 0. The molecule has 0 aromatic rings. The minimum Gasteiger partial charge on any atom is -0.181 e. The molecule has 0 saturated carbocycles. The van der Waals surface area contributed by atoms with Gasteiger partial charge in [0.1, 0.15) is 9.55 Å². The second-order valence-corrected chi connectivity index (χ2v) is 3.03. The van der Waals surface area contributed by atoms with Gasteiger partial charge in [-0.1, -0.05) is 12.2 Å². The van der Waals surface area contributed by atoms with Crippen LogP contribution in [0.2, 0.25) is 0 Å². The number of hydrogen-bond donors (Lipinski definition) is 0. The molecule has 0 aliphatic heterocycles. The van der Waals surface area contributed by atoms with Crippen molar-refractivity contribution in [1.82, 2.24) is 0 Å². The fraction of sp³-hybridized carbons (Fsp3) is 0.667. The molecule has 1 rings (SSSR count). The van der Waals surface area contributed by atoms with E-state index in [4.69, 9.17) is 34.3 Å². The molecule has 0 radical (unpaired) electrons. The first kappa shape index (κ1) is 10.8. The van der Waals surface area contributed by atoms with E-state index in [0.717, 1.165) is 22.4 Å². The Kier molecular flexibility index (Phi) is 7.07. The Morgan fingerprint density at radius 2 is 1.90 bits per heavy atom. The quantitative estimate of drug-likeness (QED) is 0.252. The van der Waals surface area contributed by atoms with Crippen LogP contribution >= 0.6 is 34.3 Å². The van der Waals surface area contributed by atoms with E-state index in [1.807, 2.05) is 6.08 Å². The molecule has 0 saturated heterocycles. The van der Waals surface area contributed by atoms with Gasteiger partial charge >= 0.3 is 0 Å². The van der Waals surface area contributed by atoms with Crippen LogP contribution in [0.5, 0.6) is 0 Å². The lowest BCUT2D eigenvalue weighted by Gasteiger charge is -2.14. The number of allylic oxidation sites excluding steroid dienone is 2. The molecule has 0 amide bonds. The third kappa shape index (κ3) is 3.87. The van der Waals surface area contributed by atoms with E-state index in [2.05, 4.69) is 6.08 Å². The van der Waals surface area contributed by atoms with Crippen LogP contribution in [-0.4, -0.2) is 20.3 Å². The zero-order valence-corrected chi connectivity index (χ0v) is 10.1. The molecule has 60 valence electrons. The van der Waals surface area contributed by atoms with E-state index >= 15 is 0 Å². The molecule has 2 atom stereocenters. The first-order chi connectivity index (χ1) is 4.80. The van der Waals surface area contributed by atoms with Gasteiger partial charge in [-0.15, -0.1) is 23.2 Å². The van der Waals surface area contributed by atoms with Crippen molar-refractivity contribution in [2.45, 2.75) is 23.6 Å². The molecule has 0 N–H and O–H groups in total. The van der Waals surface area contributed by atoms with Crippen molar-refractivity contribution in [3.8, 4) is 0 Å². The van der Waals surface area contributed by atoms with Crippen LogP contribution in [0, 0.1) is 0 Å². The Morgan fingerprint density at radius 1 is 1.30 bits per heavy atom. The third-order valence-corrected chi connectivity index (χ3v) is 2.34. The first-order valence-corrected chi connectivity index (χ1v) is 7.03. The highest BCUT2D eigenvalue weighted by molar-refractivity contribution is 6.80. The maximum Gasteiger partial charge on any atom is 0.109 e. The Balaban J connectivity index is 0.000000371. The Morgan fingerprint density at radius 3 is 2.20 bits per heavy atom. The van der Waals surface area contributed by atoms with E-state index in [0.29, 0.717) is 0 Å². The van der Waals surface area contributed by atoms with E-state index in [1.54, 1.807) is 0 Å². The maximum atomic E-state index is 5.78. The third-order valence-electron chi connectivity index (χ3n) is 1.27. The second kappa shape index (κ2) is 6.53. The van der Waals surface area contributed by atoms with Crippen molar-refractivity contribution in [3.63, 3.8) is 0 Å². The van der Waals surface area contributed by atoms with Crippen LogP contribution < -0.4 is 0 Å². The lowest BCUT2D eigenvalue weighted by molar-refractivity contribution is 0.745. The van der Waals surface area contributed by atoms with Crippen LogP contribution in [0.25, 0.3) is 0 Å². The van der Waals surface area contributed by atoms with Gasteiger partial charge in [-0.25, -0.2) is 0 Å². The predicted octanol–water partition coefficient (Wildman–Crippen LogP) is 2.06. The largest absolute Gasteiger partial charge is 0.181 e. The summed E-state index contributed by atoms with van der Waals surface area (Å²) in [5, 5.41) is 0.215. The second-order valence-electron chi connectivity index (χ2n) is 1.97. The summed E-state index contributed by atoms with van der Waals surface area (Å²) < 4.78 is 0. The number of rotatable bonds is 0. The van der Waals surface area contributed by atoms with E-state index in [-0.39, 0.29) is 10.8 Å². The van der Waals surface area contributed by atoms with Crippen molar-refractivity contribution in [1.29, 1.82) is 0 Å². The minimum atomic E-state index is 0.0606. The SMILES string of the molecule is ClC1C=CCCC1Cl.[SiH3]Cl. The molecule has 0 heterocycles. The predicted molar refractivity (Wildman–Crippen MR) is 53.4 cm³/mol. The fourth-order valence-corrected chi connectivity index (χ4v) is 1.20. The molecule has 10 heavy (non-hydrogen) atoms. The van der Waals surface area contributed by atoms with Crippen LogP contribution in [-0.2, 0) is 0 Å². The molecular weight excluding hydrogens is 207 g/mol. The highest BCUT2D eigenvalue weighted by atomic mass is 35.6. The number of halogens is 3. The van der Waals surface area contributed by atoms with E-state index < -0.39 is 0 Å². The summed E-state index contributed by atoms with van der Waals surface area (Å²) in [4.78, 5) is 0. The summed E-state index contributed by atoms with van der Waals surface area (Å²) >= 11 is 16.3. The van der Waals surface area contributed by atoms with Crippen molar-refractivity contribution in [3.05, 3.63) is 12.2 Å². The molecule has 0 bridgehead atoms. The molecule has 0 fully saturated rings. The Bertz CT molecular complexity index is 105. The molecule has 1 aliphatic rings. The van der Waals surface area contributed by atoms with Crippen molar-refractivity contribution in [2.75, 3.05) is 0 Å². The molecule has 0 nitrogen and oxygen atoms in total. The van der Waals surface area contributed by atoms with Gasteiger partial charge in [0.2, 0.25) is 0 Å². The van der Waals surface area contributed by atoms with Crippen LogP contribution in [0.15, 0.2) is 12.2 Å².